The molecule has 0 aromatic heterocycles. The largest absolute Gasteiger partial charge is 0.504 e. The van der Waals surface area contributed by atoms with E-state index in [1.807, 2.05) is 0 Å². The van der Waals surface area contributed by atoms with Gasteiger partial charge < -0.3 is 10.2 Å². The zero-order chi connectivity index (χ0) is 19.8. The third kappa shape index (κ3) is 4.23. The summed E-state index contributed by atoms with van der Waals surface area (Å²) in [5.74, 6) is -2.51. The van der Waals surface area contributed by atoms with E-state index in [4.69, 9.17) is 0 Å². The zero-order valence-corrected chi connectivity index (χ0v) is 15.1. The Morgan fingerprint density at radius 2 is 1.81 bits per heavy atom. The highest BCUT2D eigenvalue weighted by atomic mass is 32.2. The second kappa shape index (κ2) is 7.46. The van der Waals surface area contributed by atoms with Crippen LogP contribution in [0.4, 0.5) is 18.0 Å². The van der Waals surface area contributed by atoms with Gasteiger partial charge in [0.1, 0.15) is 5.56 Å². The number of hydrogen-bond acceptors (Lipinski definition) is 5. The Kier molecular flexibility index (Phi) is 5.41. The highest BCUT2D eigenvalue weighted by Gasteiger charge is 2.38. The number of rotatable bonds is 3. The number of nitrogens with zero attached hydrogens (tertiary/aromatic N) is 1. The summed E-state index contributed by atoms with van der Waals surface area (Å²) >= 11 is 0.662. The van der Waals surface area contributed by atoms with Crippen molar-refractivity contribution in [3.63, 3.8) is 0 Å². The molecule has 5 nitrogen and oxygen atoms in total. The monoisotopic (exact) mass is 401 g/mol. The summed E-state index contributed by atoms with van der Waals surface area (Å²) in [4.78, 5) is 25.8. The number of hydrogen-bond donors (Lipinski definition) is 2. The van der Waals surface area contributed by atoms with Crippen LogP contribution in [-0.4, -0.2) is 32.8 Å². The molecule has 0 spiro atoms. The van der Waals surface area contributed by atoms with Gasteiger partial charge in [-0.3, -0.25) is 14.5 Å². The van der Waals surface area contributed by atoms with Crippen molar-refractivity contribution < 1.29 is 33.0 Å². The van der Waals surface area contributed by atoms with Crippen molar-refractivity contribution in [1.82, 2.24) is 4.90 Å². The summed E-state index contributed by atoms with van der Waals surface area (Å²) in [6.07, 6.45) is 1.41. The number of phenolic OH excluding ortho intramolecular Hbond substituents is 2. The fraction of sp³-hybridized carbons (Fsp3) is 0.444. The molecule has 0 bridgehead atoms. The van der Waals surface area contributed by atoms with E-state index in [1.165, 1.54) is 0 Å². The van der Waals surface area contributed by atoms with E-state index < -0.39 is 34.4 Å². The average Bonchev–Trinajstić information content (AvgIpc) is 2.85. The van der Waals surface area contributed by atoms with E-state index in [0.29, 0.717) is 24.4 Å². The van der Waals surface area contributed by atoms with Gasteiger partial charge >= 0.3 is 6.18 Å². The first-order chi connectivity index (χ1) is 12.7. The van der Waals surface area contributed by atoms with Gasteiger partial charge in [-0.25, -0.2) is 0 Å². The molecule has 1 aliphatic heterocycles. The van der Waals surface area contributed by atoms with E-state index in [2.05, 4.69) is 0 Å². The maximum atomic E-state index is 13.0. The highest BCUT2D eigenvalue weighted by molar-refractivity contribution is 8.18. The predicted octanol–water partition coefficient (Wildman–Crippen LogP) is 4.73. The predicted molar refractivity (Wildman–Crippen MR) is 94.0 cm³/mol. The summed E-state index contributed by atoms with van der Waals surface area (Å²) < 4.78 is 38.9. The number of imide groups is 1. The molecule has 1 saturated carbocycles. The van der Waals surface area contributed by atoms with E-state index in [0.717, 1.165) is 49.1 Å². The van der Waals surface area contributed by atoms with Crippen LogP contribution in [0.1, 0.15) is 43.2 Å². The lowest BCUT2D eigenvalue weighted by molar-refractivity contribution is -0.139. The molecule has 27 heavy (non-hydrogen) atoms. The number of alkyl halides is 3. The van der Waals surface area contributed by atoms with Crippen LogP contribution in [0, 0.1) is 5.92 Å². The van der Waals surface area contributed by atoms with Gasteiger partial charge in [0.05, 0.1) is 4.91 Å². The van der Waals surface area contributed by atoms with Gasteiger partial charge in [0.25, 0.3) is 11.1 Å². The third-order valence-electron chi connectivity index (χ3n) is 4.75. The maximum Gasteiger partial charge on any atom is 0.420 e. The summed E-state index contributed by atoms with van der Waals surface area (Å²) in [5.41, 5.74) is -1.53. The summed E-state index contributed by atoms with van der Waals surface area (Å²) in [5, 5.41) is 18.5. The van der Waals surface area contributed by atoms with E-state index in [1.54, 1.807) is 0 Å². The van der Waals surface area contributed by atoms with Crippen molar-refractivity contribution >= 4 is 29.0 Å². The first kappa shape index (κ1) is 19.6. The van der Waals surface area contributed by atoms with Crippen LogP contribution in [0.15, 0.2) is 17.0 Å². The second-order valence-corrected chi connectivity index (χ2v) is 7.72. The topological polar surface area (TPSA) is 77.8 Å². The van der Waals surface area contributed by atoms with Crippen LogP contribution < -0.4 is 0 Å². The molecule has 9 heteroatoms. The molecule has 0 radical (unpaired) electrons. The van der Waals surface area contributed by atoms with Gasteiger partial charge in [-0.15, -0.1) is 0 Å². The summed E-state index contributed by atoms with van der Waals surface area (Å²) in [7, 11) is 0. The third-order valence-corrected chi connectivity index (χ3v) is 5.66. The minimum atomic E-state index is -4.87. The molecule has 0 atom stereocenters. The molecule has 1 aliphatic carbocycles. The highest BCUT2D eigenvalue weighted by Crippen LogP contribution is 2.42. The lowest BCUT2D eigenvalue weighted by Crippen LogP contribution is -2.34. The molecule has 2 fully saturated rings. The Bertz CT molecular complexity index is 801. The Balaban J connectivity index is 1.84. The number of carbonyl (C=O) groups is 2. The minimum absolute atomic E-state index is 0.00553. The van der Waals surface area contributed by atoms with Crippen molar-refractivity contribution in [2.75, 3.05) is 6.54 Å². The number of phenols is 2. The number of benzene rings is 1. The number of carbonyl (C=O) groups excluding carboxylic acids is 2. The van der Waals surface area contributed by atoms with Crippen LogP contribution in [0.25, 0.3) is 6.08 Å². The van der Waals surface area contributed by atoms with Gasteiger partial charge in [0, 0.05) is 6.54 Å². The number of halogens is 3. The fourth-order valence-electron chi connectivity index (χ4n) is 3.38. The lowest BCUT2D eigenvalue weighted by Gasteiger charge is -2.25. The maximum absolute atomic E-state index is 13.0. The standard InChI is InChI=1S/C18H18F3NO4S/c19-18(20,21)12-6-11(7-13(23)15(12)24)8-14-16(25)22(17(26)27-14)9-10-4-2-1-3-5-10/h6-8,10,23-24H,1-5,9H2. The van der Waals surface area contributed by atoms with Crippen LogP contribution in [0.5, 0.6) is 11.5 Å². The van der Waals surface area contributed by atoms with Gasteiger partial charge in [0.2, 0.25) is 0 Å². The van der Waals surface area contributed by atoms with Crippen LogP contribution in [-0.2, 0) is 11.0 Å². The summed E-state index contributed by atoms with van der Waals surface area (Å²) in [6.45, 7) is 0.316. The van der Waals surface area contributed by atoms with Gasteiger partial charge in [-0.2, -0.15) is 13.2 Å². The molecule has 2 aliphatic rings. The molecule has 1 aromatic rings. The van der Waals surface area contributed by atoms with Gasteiger partial charge in [0.15, 0.2) is 11.5 Å². The molecule has 1 aromatic carbocycles. The van der Waals surface area contributed by atoms with Gasteiger partial charge in [-0.1, -0.05) is 19.3 Å². The molecule has 1 saturated heterocycles. The summed E-state index contributed by atoms with van der Waals surface area (Å²) in [6, 6.07) is 1.55. The molecular formula is C18H18F3NO4S. The number of thioether (sulfide) groups is 1. The normalized spacial score (nSPS) is 20.7. The van der Waals surface area contributed by atoms with Crippen LogP contribution >= 0.6 is 11.8 Å². The second-order valence-electron chi connectivity index (χ2n) is 6.73. The van der Waals surface area contributed by atoms with Crippen molar-refractivity contribution in [2.45, 2.75) is 38.3 Å². The Morgan fingerprint density at radius 1 is 1.15 bits per heavy atom. The number of amides is 2. The number of aromatic hydroxyl groups is 2. The Hall–Kier alpha value is -2.16. The average molecular weight is 401 g/mol. The molecule has 2 N–H and O–H groups in total. The smallest absolute Gasteiger partial charge is 0.420 e. The Morgan fingerprint density at radius 3 is 2.44 bits per heavy atom. The first-order valence-electron chi connectivity index (χ1n) is 8.55. The van der Waals surface area contributed by atoms with Crippen LogP contribution in [0.2, 0.25) is 0 Å². The van der Waals surface area contributed by atoms with Crippen molar-refractivity contribution in [2.24, 2.45) is 5.92 Å². The molecule has 3 rings (SSSR count). The lowest BCUT2D eigenvalue weighted by atomic mass is 9.89. The molecule has 146 valence electrons. The molecule has 1 heterocycles. The quantitative estimate of drug-likeness (QED) is 0.565. The first-order valence-corrected chi connectivity index (χ1v) is 9.37. The molecule has 0 unspecified atom stereocenters. The van der Waals surface area contributed by atoms with Crippen molar-refractivity contribution in [1.29, 1.82) is 0 Å². The SMILES string of the molecule is O=C1SC(=Cc2cc(O)c(O)c(C(F)(F)F)c2)C(=O)N1CC1CCCCC1. The minimum Gasteiger partial charge on any atom is -0.504 e. The van der Waals surface area contributed by atoms with Crippen molar-refractivity contribution in [3.8, 4) is 11.5 Å². The molecule has 2 amide bonds. The fourth-order valence-corrected chi connectivity index (χ4v) is 4.23. The van der Waals surface area contributed by atoms with Gasteiger partial charge in [-0.05, 0) is 54.3 Å². The molecular weight excluding hydrogens is 383 g/mol. The van der Waals surface area contributed by atoms with E-state index >= 15 is 0 Å². The zero-order valence-electron chi connectivity index (χ0n) is 14.3. The van der Waals surface area contributed by atoms with Crippen LogP contribution in [0.3, 0.4) is 0 Å². The van der Waals surface area contributed by atoms with Crippen molar-refractivity contribution in [3.05, 3.63) is 28.2 Å². The van der Waals surface area contributed by atoms with E-state index in [9.17, 15) is 33.0 Å². The Labute approximate surface area is 157 Å². The van der Waals surface area contributed by atoms with E-state index in [-0.39, 0.29) is 16.4 Å².